The first-order valence-corrected chi connectivity index (χ1v) is 5.35. The van der Waals surface area contributed by atoms with Crippen LogP contribution in [-0.2, 0) is 9.59 Å². The summed E-state index contributed by atoms with van der Waals surface area (Å²) in [4.78, 5) is 22.4. The second-order valence-corrected chi connectivity index (χ2v) is 4.12. The molecule has 0 heterocycles. The summed E-state index contributed by atoms with van der Waals surface area (Å²) in [6.45, 7) is 5.47. The van der Waals surface area contributed by atoms with Gasteiger partial charge in [0.15, 0.2) is 0 Å². The molecular formula is C10H20N2O4. The molecule has 0 aromatic carbocycles. The van der Waals surface area contributed by atoms with E-state index in [0.717, 1.165) is 0 Å². The van der Waals surface area contributed by atoms with E-state index in [1.54, 1.807) is 6.92 Å². The molecular weight excluding hydrogens is 212 g/mol. The fourth-order valence-corrected chi connectivity index (χ4v) is 1.30. The summed E-state index contributed by atoms with van der Waals surface area (Å²) in [5, 5.41) is 20.0. The maximum atomic E-state index is 11.5. The molecule has 6 nitrogen and oxygen atoms in total. The Morgan fingerprint density at radius 2 is 1.81 bits per heavy atom. The standard InChI is InChI=1S/C10H20N2O4/c1-4-7(12-16)9(13)11-8(10(14)15)5-6(2)3/h6-8,12,16H,4-5H2,1-3H3,(H,11,13)(H,14,15). The number of carboxylic acid groups (broad SMARTS) is 1. The average Bonchev–Trinajstić information content (AvgIpc) is 2.17. The van der Waals surface area contributed by atoms with Crippen molar-refractivity contribution in [2.75, 3.05) is 0 Å². The number of carbonyl (C=O) groups is 2. The first kappa shape index (κ1) is 14.9. The normalized spacial score (nSPS) is 14.6. The number of hydroxylamine groups is 1. The molecule has 1 amide bonds. The molecule has 4 N–H and O–H groups in total. The van der Waals surface area contributed by atoms with E-state index in [-0.39, 0.29) is 5.92 Å². The second kappa shape index (κ2) is 7.19. The molecule has 6 heteroatoms. The SMILES string of the molecule is CCC(NO)C(=O)NC(CC(C)C)C(=O)O. The van der Waals surface area contributed by atoms with Crippen LogP contribution < -0.4 is 10.8 Å². The number of hydrogen-bond donors (Lipinski definition) is 4. The highest BCUT2D eigenvalue weighted by Crippen LogP contribution is 2.05. The molecule has 0 aromatic heterocycles. The third-order valence-corrected chi connectivity index (χ3v) is 2.20. The van der Waals surface area contributed by atoms with E-state index in [9.17, 15) is 9.59 Å². The van der Waals surface area contributed by atoms with Gasteiger partial charge in [-0.25, -0.2) is 4.79 Å². The van der Waals surface area contributed by atoms with Gasteiger partial charge in [0.25, 0.3) is 0 Å². The van der Waals surface area contributed by atoms with Gasteiger partial charge in [-0.15, -0.1) is 0 Å². The number of carboxylic acids is 1. The summed E-state index contributed by atoms with van der Waals surface area (Å²) in [6, 6.07) is -1.68. The van der Waals surface area contributed by atoms with Gasteiger partial charge in [0.05, 0.1) is 0 Å². The van der Waals surface area contributed by atoms with E-state index in [2.05, 4.69) is 5.32 Å². The number of hydrogen-bond acceptors (Lipinski definition) is 4. The Morgan fingerprint density at radius 1 is 1.25 bits per heavy atom. The van der Waals surface area contributed by atoms with E-state index in [1.165, 1.54) is 0 Å². The van der Waals surface area contributed by atoms with Crippen molar-refractivity contribution < 1.29 is 19.9 Å². The first-order chi connectivity index (χ1) is 7.42. The lowest BCUT2D eigenvalue weighted by Crippen LogP contribution is -2.49. The zero-order chi connectivity index (χ0) is 12.7. The molecule has 0 saturated carbocycles. The van der Waals surface area contributed by atoms with Crippen molar-refractivity contribution in [2.45, 2.75) is 45.7 Å². The monoisotopic (exact) mass is 232 g/mol. The van der Waals surface area contributed by atoms with Gasteiger partial charge in [0, 0.05) is 0 Å². The lowest BCUT2D eigenvalue weighted by Gasteiger charge is -2.19. The topological polar surface area (TPSA) is 98.7 Å². The summed E-state index contributed by atoms with van der Waals surface area (Å²) >= 11 is 0. The van der Waals surface area contributed by atoms with Crippen LogP contribution in [0.4, 0.5) is 0 Å². The van der Waals surface area contributed by atoms with Crippen LogP contribution in [0.1, 0.15) is 33.6 Å². The van der Waals surface area contributed by atoms with Gasteiger partial charge in [-0.05, 0) is 18.8 Å². The van der Waals surface area contributed by atoms with Crippen LogP contribution in [0.3, 0.4) is 0 Å². The van der Waals surface area contributed by atoms with Crippen molar-refractivity contribution in [3.05, 3.63) is 0 Å². The van der Waals surface area contributed by atoms with Crippen molar-refractivity contribution in [2.24, 2.45) is 5.92 Å². The Kier molecular flexibility index (Phi) is 6.67. The highest BCUT2D eigenvalue weighted by atomic mass is 16.5. The molecule has 0 rings (SSSR count). The second-order valence-electron chi connectivity index (χ2n) is 4.12. The Balaban J connectivity index is 4.39. The van der Waals surface area contributed by atoms with E-state index in [1.807, 2.05) is 19.3 Å². The molecule has 0 bridgehead atoms. The first-order valence-electron chi connectivity index (χ1n) is 5.35. The molecule has 0 aliphatic rings. The minimum atomic E-state index is -1.06. The van der Waals surface area contributed by atoms with E-state index < -0.39 is 24.0 Å². The quantitative estimate of drug-likeness (QED) is 0.475. The molecule has 0 fully saturated rings. The molecule has 0 radical (unpaired) electrons. The third kappa shape index (κ3) is 5.09. The van der Waals surface area contributed by atoms with Crippen LogP contribution in [0.2, 0.25) is 0 Å². The zero-order valence-corrected chi connectivity index (χ0v) is 9.86. The van der Waals surface area contributed by atoms with Crippen molar-refractivity contribution in [3.8, 4) is 0 Å². The largest absolute Gasteiger partial charge is 0.480 e. The highest BCUT2D eigenvalue weighted by molar-refractivity contribution is 5.86. The van der Waals surface area contributed by atoms with Gasteiger partial charge in [-0.3, -0.25) is 4.79 Å². The maximum absolute atomic E-state index is 11.5. The fourth-order valence-electron chi connectivity index (χ4n) is 1.30. The van der Waals surface area contributed by atoms with Crippen LogP contribution in [0.25, 0.3) is 0 Å². The van der Waals surface area contributed by atoms with Crippen LogP contribution in [0.5, 0.6) is 0 Å². The number of nitrogens with one attached hydrogen (secondary N) is 2. The number of rotatable bonds is 7. The minimum absolute atomic E-state index is 0.170. The van der Waals surface area contributed by atoms with E-state index >= 15 is 0 Å². The summed E-state index contributed by atoms with van der Waals surface area (Å²) in [6.07, 6.45) is 0.749. The molecule has 0 saturated heterocycles. The molecule has 2 unspecified atom stereocenters. The number of amides is 1. The van der Waals surface area contributed by atoms with E-state index in [4.69, 9.17) is 10.3 Å². The summed E-state index contributed by atoms with van der Waals surface area (Å²) in [5.74, 6) is -1.39. The van der Waals surface area contributed by atoms with Crippen LogP contribution in [0, 0.1) is 5.92 Å². The lowest BCUT2D eigenvalue weighted by molar-refractivity contribution is -0.143. The van der Waals surface area contributed by atoms with Crippen molar-refractivity contribution in [3.63, 3.8) is 0 Å². The van der Waals surface area contributed by atoms with Crippen LogP contribution in [0.15, 0.2) is 0 Å². The van der Waals surface area contributed by atoms with Gasteiger partial charge in [0.1, 0.15) is 12.1 Å². The van der Waals surface area contributed by atoms with Gasteiger partial charge in [-0.2, -0.15) is 5.48 Å². The predicted octanol–water partition coefficient (Wildman–Crippen LogP) is 0.359. The smallest absolute Gasteiger partial charge is 0.326 e. The predicted molar refractivity (Wildman–Crippen MR) is 58.0 cm³/mol. The maximum Gasteiger partial charge on any atom is 0.326 e. The van der Waals surface area contributed by atoms with Gasteiger partial charge in [0.2, 0.25) is 5.91 Å². The van der Waals surface area contributed by atoms with Gasteiger partial charge >= 0.3 is 5.97 Å². The van der Waals surface area contributed by atoms with Crippen molar-refractivity contribution in [1.29, 1.82) is 0 Å². The molecule has 2 atom stereocenters. The van der Waals surface area contributed by atoms with Crippen LogP contribution >= 0.6 is 0 Å². The minimum Gasteiger partial charge on any atom is -0.480 e. The Morgan fingerprint density at radius 3 is 2.12 bits per heavy atom. The molecule has 0 spiro atoms. The molecule has 16 heavy (non-hydrogen) atoms. The Labute approximate surface area is 95.0 Å². The van der Waals surface area contributed by atoms with Crippen LogP contribution in [-0.4, -0.2) is 34.3 Å². The van der Waals surface area contributed by atoms with Gasteiger partial charge < -0.3 is 15.6 Å². The van der Waals surface area contributed by atoms with Gasteiger partial charge in [-0.1, -0.05) is 20.8 Å². The Bertz CT molecular complexity index is 239. The number of carbonyl (C=O) groups excluding carboxylic acids is 1. The summed E-state index contributed by atoms with van der Waals surface area (Å²) in [5.41, 5.74) is 1.84. The molecule has 0 aliphatic carbocycles. The fraction of sp³-hybridized carbons (Fsp3) is 0.800. The van der Waals surface area contributed by atoms with Crippen molar-refractivity contribution >= 4 is 11.9 Å². The summed E-state index contributed by atoms with van der Waals surface area (Å²) < 4.78 is 0. The average molecular weight is 232 g/mol. The summed E-state index contributed by atoms with van der Waals surface area (Å²) in [7, 11) is 0. The zero-order valence-electron chi connectivity index (χ0n) is 9.86. The number of aliphatic carboxylic acids is 1. The molecule has 0 aromatic rings. The lowest BCUT2D eigenvalue weighted by atomic mass is 10.0. The highest BCUT2D eigenvalue weighted by Gasteiger charge is 2.24. The van der Waals surface area contributed by atoms with E-state index in [0.29, 0.717) is 12.8 Å². The third-order valence-electron chi connectivity index (χ3n) is 2.20. The Hall–Kier alpha value is -1.14. The van der Waals surface area contributed by atoms with Crippen molar-refractivity contribution in [1.82, 2.24) is 10.8 Å². The molecule has 94 valence electrons. The molecule has 0 aliphatic heterocycles.